The van der Waals surface area contributed by atoms with Crippen molar-refractivity contribution in [1.29, 1.82) is 0 Å². The second-order valence-electron chi connectivity index (χ2n) is 7.50. The summed E-state index contributed by atoms with van der Waals surface area (Å²) in [6.45, 7) is 4.50. The zero-order chi connectivity index (χ0) is 22.1. The van der Waals surface area contributed by atoms with E-state index in [2.05, 4.69) is 13.8 Å². The molecule has 0 N–H and O–H groups in total. The second-order valence-corrected chi connectivity index (χ2v) is 9.44. The van der Waals surface area contributed by atoms with Crippen molar-refractivity contribution in [2.75, 3.05) is 26.2 Å². The molecule has 0 spiro atoms. The molecule has 1 amide bonds. The summed E-state index contributed by atoms with van der Waals surface area (Å²) in [5, 5.41) is 0. The fraction of sp³-hybridized carbons (Fsp3) is 0.381. The Morgan fingerprint density at radius 1 is 0.967 bits per heavy atom. The fourth-order valence-corrected chi connectivity index (χ4v) is 4.78. The quantitative estimate of drug-likeness (QED) is 0.723. The second kappa shape index (κ2) is 8.39. The van der Waals surface area contributed by atoms with Crippen molar-refractivity contribution >= 4 is 15.9 Å². The minimum atomic E-state index is -4.62. The molecule has 0 aliphatic carbocycles. The summed E-state index contributed by atoms with van der Waals surface area (Å²) in [7, 11) is -4.08. The van der Waals surface area contributed by atoms with E-state index in [4.69, 9.17) is 0 Å². The van der Waals surface area contributed by atoms with Gasteiger partial charge in [0.05, 0.1) is 10.5 Å². The first-order chi connectivity index (χ1) is 14.0. The van der Waals surface area contributed by atoms with Crippen molar-refractivity contribution in [3.63, 3.8) is 0 Å². The summed E-state index contributed by atoms with van der Waals surface area (Å²) in [5.74, 6) is 0.153. The van der Waals surface area contributed by atoms with Crippen LogP contribution >= 0.6 is 0 Å². The lowest BCUT2D eigenvalue weighted by Crippen LogP contribution is -2.50. The van der Waals surface area contributed by atoms with Gasteiger partial charge in [-0.1, -0.05) is 32.0 Å². The molecular weight excluding hydrogens is 417 g/mol. The molecule has 0 saturated carbocycles. The van der Waals surface area contributed by atoms with E-state index in [-0.39, 0.29) is 32.1 Å². The average molecular weight is 440 g/mol. The molecule has 3 rings (SSSR count). The average Bonchev–Trinajstić information content (AvgIpc) is 2.73. The van der Waals surface area contributed by atoms with Gasteiger partial charge >= 0.3 is 6.18 Å². The van der Waals surface area contributed by atoms with E-state index in [1.54, 1.807) is 17.0 Å². The molecule has 162 valence electrons. The van der Waals surface area contributed by atoms with Gasteiger partial charge in [-0.05, 0) is 41.8 Å². The first-order valence-corrected chi connectivity index (χ1v) is 11.0. The third-order valence-corrected chi connectivity index (χ3v) is 7.04. The first-order valence-electron chi connectivity index (χ1n) is 9.57. The molecule has 1 saturated heterocycles. The number of sulfonamides is 1. The van der Waals surface area contributed by atoms with Crippen LogP contribution in [-0.2, 0) is 16.2 Å². The Labute approximate surface area is 174 Å². The maximum atomic E-state index is 12.9. The SMILES string of the molecule is CC(C)c1ccc(C(=O)N2CCN(S(=O)(=O)c3cccc(C(F)(F)F)c3)CC2)cc1. The third kappa shape index (κ3) is 4.67. The van der Waals surface area contributed by atoms with E-state index in [9.17, 15) is 26.4 Å². The number of hydrogen-bond donors (Lipinski definition) is 0. The van der Waals surface area contributed by atoms with Crippen molar-refractivity contribution < 1.29 is 26.4 Å². The highest BCUT2D eigenvalue weighted by Gasteiger charge is 2.34. The number of alkyl halides is 3. The first kappa shape index (κ1) is 22.3. The van der Waals surface area contributed by atoms with Crippen LogP contribution in [0, 0.1) is 0 Å². The van der Waals surface area contributed by atoms with Crippen LogP contribution in [0.2, 0.25) is 0 Å². The summed E-state index contributed by atoms with van der Waals surface area (Å²) in [4.78, 5) is 13.9. The van der Waals surface area contributed by atoms with Gasteiger partial charge in [0, 0.05) is 31.7 Å². The van der Waals surface area contributed by atoms with Gasteiger partial charge in [-0.25, -0.2) is 8.42 Å². The van der Waals surface area contributed by atoms with Crippen molar-refractivity contribution in [3.8, 4) is 0 Å². The van der Waals surface area contributed by atoms with Crippen molar-refractivity contribution in [3.05, 3.63) is 65.2 Å². The number of benzene rings is 2. The van der Waals surface area contributed by atoms with E-state index < -0.39 is 26.7 Å². The molecule has 2 aromatic rings. The normalized spacial score (nSPS) is 16.1. The molecule has 0 bridgehead atoms. The van der Waals surface area contributed by atoms with Crippen molar-refractivity contribution in [2.45, 2.75) is 30.8 Å². The largest absolute Gasteiger partial charge is 0.416 e. The lowest BCUT2D eigenvalue weighted by molar-refractivity contribution is -0.137. The topological polar surface area (TPSA) is 57.7 Å². The molecule has 1 aliphatic rings. The highest BCUT2D eigenvalue weighted by molar-refractivity contribution is 7.89. The monoisotopic (exact) mass is 440 g/mol. The molecule has 0 aromatic heterocycles. The van der Waals surface area contributed by atoms with E-state index in [0.717, 1.165) is 28.1 Å². The van der Waals surface area contributed by atoms with Crippen molar-refractivity contribution in [2.24, 2.45) is 0 Å². The van der Waals surface area contributed by atoms with E-state index in [0.29, 0.717) is 17.5 Å². The van der Waals surface area contributed by atoms with Crippen LogP contribution in [-0.4, -0.2) is 49.7 Å². The molecule has 1 aliphatic heterocycles. The van der Waals surface area contributed by atoms with E-state index >= 15 is 0 Å². The Morgan fingerprint density at radius 2 is 1.57 bits per heavy atom. The Hall–Kier alpha value is -2.39. The van der Waals surface area contributed by atoms with E-state index in [1.807, 2.05) is 12.1 Å². The van der Waals surface area contributed by atoms with Gasteiger partial charge in [-0.15, -0.1) is 0 Å². The van der Waals surface area contributed by atoms with Gasteiger partial charge in [0.25, 0.3) is 5.91 Å². The maximum Gasteiger partial charge on any atom is 0.416 e. The van der Waals surface area contributed by atoms with Gasteiger partial charge in [-0.3, -0.25) is 4.79 Å². The summed E-state index contributed by atoms with van der Waals surface area (Å²) >= 11 is 0. The summed E-state index contributed by atoms with van der Waals surface area (Å²) in [6, 6.07) is 11.0. The molecule has 1 fully saturated rings. The summed E-state index contributed by atoms with van der Waals surface area (Å²) in [6.07, 6.45) is -4.62. The highest BCUT2D eigenvalue weighted by atomic mass is 32.2. The maximum absolute atomic E-state index is 12.9. The molecule has 0 atom stereocenters. The van der Waals surface area contributed by atoms with Gasteiger partial charge in [0.1, 0.15) is 0 Å². The minimum Gasteiger partial charge on any atom is -0.336 e. The molecule has 2 aromatic carbocycles. The molecule has 9 heteroatoms. The molecule has 0 unspecified atom stereocenters. The minimum absolute atomic E-state index is 0.0222. The van der Waals surface area contributed by atoms with Crippen LogP contribution in [0.5, 0.6) is 0 Å². The number of hydrogen-bond acceptors (Lipinski definition) is 3. The Bertz CT molecular complexity index is 1010. The molecule has 30 heavy (non-hydrogen) atoms. The molecular formula is C21H23F3N2O3S. The lowest BCUT2D eigenvalue weighted by Gasteiger charge is -2.34. The number of nitrogens with zero attached hydrogens (tertiary/aromatic N) is 2. The number of piperazine rings is 1. The van der Waals surface area contributed by atoms with Gasteiger partial charge in [-0.2, -0.15) is 17.5 Å². The lowest BCUT2D eigenvalue weighted by atomic mass is 10.0. The van der Waals surface area contributed by atoms with Crippen LogP contribution in [0.25, 0.3) is 0 Å². The number of halogens is 3. The number of carbonyl (C=O) groups is 1. The predicted octanol–water partition coefficient (Wildman–Crippen LogP) is 3.98. The smallest absolute Gasteiger partial charge is 0.336 e. The van der Waals surface area contributed by atoms with Crippen molar-refractivity contribution in [1.82, 2.24) is 9.21 Å². The van der Waals surface area contributed by atoms with Gasteiger partial charge in [0.15, 0.2) is 0 Å². The Morgan fingerprint density at radius 3 is 2.10 bits per heavy atom. The van der Waals surface area contributed by atoms with Crippen LogP contribution < -0.4 is 0 Å². The van der Waals surface area contributed by atoms with Gasteiger partial charge in [0.2, 0.25) is 10.0 Å². The van der Waals surface area contributed by atoms with Crippen LogP contribution in [0.4, 0.5) is 13.2 Å². The standard InChI is InChI=1S/C21H23F3N2O3S/c1-15(2)16-6-8-17(9-7-16)20(27)25-10-12-26(13-11-25)30(28,29)19-5-3-4-18(14-19)21(22,23)24/h3-9,14-15H,10-13H2,1-2H3. The zero-order valence-electron chi connectivity index (χ0n) is 16.7. The third-order valence-electron chi connectivity index (χ3n) is 5.15. The Balaban J connectivity index is 1.69. The van der Waals surface area contributed by atoms with Crippen LogP contribution in [0.1, 0.15) is 41.3 Å². The fourth-order valence-electron chi connectivity index (χ4n) is 3.31. The Kier molecular flexibility index (Phi) is 6.24. The van der Waals surface area contributed by atoms with Gasteiger partial charge < -0.3 is 4.90 Å². The summed E-state index contributed by atoms with van der Waals surface area (Å²) in [5.41, 5.74) is 0.624. The predicted molar refractivity (Wildman–Crippen MR) is 107 cm³/mol. The molecule has 1 heterocycles. The highest BCUT2D eigenvalue weighted by Crippen LogP contribution is 2.31. The molecule has 0 radical (unpaired) electrons. The number of carbonyl (C=O) groups excluding carboxylic acids is 1. The van der Waals surface area contributed by atoms with Crippen LogP contribution in [0.3, 0.4) is 0 Å². The summed E-state index contributed by atoms with van der Waals surface area (Å²) < 4.78 is 65.4. The van der Waals surface area contributed by atoms with E-state index in [1.165, 1.54) is 0 Å². The number of rotatable bonds is 4. The number of amides is 1. The van der Waals surface area contributed by atoms with Crippen LogP contribution in [0.15, 0.2) is 53.4 Å². The molecule has 5 nitrogen and oxygen atoms in total. The zero-order valence-corrected chi connectivity index (χ0v) is 17.5.